The molecule has 82 valence electrons. The van der Waals surface area contributed by atoms with Gasteiger partial charge in [-0.1, -0.05) is 11.6 Å². The van der Waals surface area contributed by atoms with Crippen molar-refractivity contribution in [2.24, 2.45) is 0 Å². The van der Waals surface area contributed by atoms with Crippen LogP contribution in [0.5, 0.6) is 0 Å². The van der Waals surface area contributed by atoms with Crippen molar-refractivity contribution in [2.45, 2.75) is 6.42 Å². The third-order valence-corrected chi connectivity index (χ3v) is 2.31. The van der Waals surface area contributed by atoms with Crippen molar-refractivity contribution in [3.8, 4) is 0 Å². The van der Waals surface area contributed by atoms with Crippen LogP contribution >= 0.6 is 11.6 Å². The predicted octanol–water partition coefficient (Wildman–Crippen LogP) is 0.591. The van der Waals surface area contributed by atoms with Crippen LogP contribution in [0.1, 0.15) is 5.56 Å². The molecule has 0 aliphatic carbocycles. The van der Waals surface area contributed by atoms with Crippen LogP contribution in [0.4, 0.5) is 0 Å². The van der Waals surface area contributed by atoms with E-state index in [1.165, 1.54) is 26.4 Å². The molecule has 0 unspecified atom stereocenters. The number of halogens is 1. The van der Waals surface area contributed by atoms with Gasteiger partial charge in [-0.2, -0.15) is 0 Å². The van der Waals surface area contributed by atoms with Crippen LogP contribution in [0.25, 0.3) is 0 Å². The fraction of sp³-hybridized carbons (Fsp3) is 0.333. The summed E-state index contributed by atoms with van der Waals surface area (Å²) in [4.78, 5) is 29.9. The number of likely N-dealkylation sites (N-methyl/N-ethyl adjacent to an activating group) is 1. The first-order chi connectivity index (χ1) is 7.06. The third kappa shape index (κ3) is 2.81. The molecule has 15 heavy (non-hydrogen) atoms. The molecule has 0 spiro atoms. The number of H-pyrrole nitrogens is 1. The number of hydrogen-bond acceptors (Lipinski definition) is 3. The van der Waals surface area contributed by atoms with Crippen LogP contribution in [-0.2, 0) is 16.1 Å². The maximum atomic E-state index is 11.4. The molecule has 1 rings (SSSR count). The predicted molar refractivity (Wildman–Crippen MR) is 55.6 cm³/mol. The van der Waals surface area contributed by atoms with E-state index in [2.05, 4.69) is 4.98 Å². The Balaban J connectivity index is 2.90. The van der Waals surface area contributed by atoms with Gasteiger partial charge in [-0.25, -0.2) is 5.06 Å². The minimum Gasteiger partial charge on any atom is -0.329 e. The Hall–Kier alpha value is -1.33. The summed E-state index contributed by atoms with van der Waals surface area (Å²) < 4.78 is 0. The van der Waals surface area contributed by atoms with Gasteiger partial charge in [-0.3, -0.25) is 14.4 Å². The highest BCUT2D eigenvalue weighted by molar-refractivity contribution is 6.31. The largest absolute Gasteiger partial charge is 0.329 e. The number of rotatable bonds is 3. The Morgan fingerprint density at radius 2 is 2.33 bits per heavy atom. The van der Waals surface area contributed by atoms with Crippen molar-refractivity contribution < 1.29 is 9.63 Å². The van der Waals surface area contributed by atoms with Crippen LogP contribution in [0.15, 0.2) is 17.1 Å². The first-order valence-corrected chi connectivity index (χ1v) is 4.60. The van der Waals surface area contributed by atoms with Gasteiger partial charge in [0.2, 0.25) is 0 Å². The van der Waals surface area contributed by atoms with Gasteiger partial charge >= 0.3 is 0 Å². The number of carbonyl (C=O) groups is 1. The highest BCUT2D eigenvalue weighted by Gasteiger charge is 2.14. The van der Waals surface area contributed by atoms with Crippen molar-refractivity contribution in [3.05, 3.63) is 33.2 Å². The van der Waals surface area contributed by atoms with Gasteiger partial charge in [0, 0.05) is 18.8 Å². The highest BCUT2D eigenvalue weighted by atomic mass is 35.5. The molecule has 6 heteroatoms. The summed E-state index contributed by atoms with van der Waals surface area (Å²) >= 11 is 5.79. The van der Waals surface area contributed by atoms with E-state index in [0.717, 1.165) is 5.06 Å². The average molecular weight is 231 g/mol. The fourth-order valence-electron chi connectivity index (χ4n) is 1.02. The van der Waals surface area contributed by atoms with E-state index in [9.17, 15) is 9.59 Å². The maximum Gasteiger partial charge on any atom is 0.253 e. The van der Waals surface area contributed by atoms with Gasteiger partial charge in [-0.05, 0) is 6.07 Å². The molecule has 1 N–H and O–H groups in total. The van der Waals surface area contributed by atoms with Crippen LogP contribution in [0.3, 0.4) is 0 Å². The number of nitrogens with zero attached hydrogens (tertiary/aromatic N) is 1. The Morgan fingerprint density at radius 3 is 2.87 bits per heavy atom. The highest BCUT2D eigenvalue weighted by Crippen LogP contribution is 2.11. The molecule has 0 atom stereocenters. The lowest BCUT2D eigenvalue weighted by molar-refractivity contribution is -0.167. The molecule has 0 saturated carbocycles. The van der Waals surface area contributed by atoms with Gasteiger partial charge in [0.1, 0.15) is 0 Å². The second-order valence-electron chi connectivity index (χ2n) is 2.88. The second-order valence-corrected chi connectivity index (χ2v) is 3.29. The number of amides is 1. The summed E-state index contributed by atoms with van der Waals surface area (Å²) in [6.45, 7) is 0. The van der Waals surface area contributed by atoms with Crippen LogP contribution < -0.4 is 5.56 Å². The summed E-state index contributed by atoms with van der Waals surface area (Å²) in [6.07, 6.45) is 1.35. The Kier molecular flexibility index (Phi) is 3.88. The summed E-state index contributed by atoms with van der Waals surface area (Å²) in [6, 6.07) is 1.53. The lowest BCUT2D eigenvalue weighted by Crippen LogP contribution is -2.29. The molecule has 0 aliphatic heterocycles. The molecule has 0 aliphatic rings. The summed E-state index contributed by atoms with van der Waals surface area (Å²) in [7, 11) is 2.84. The quantitative estimate of drug-likeness (QED) is 0.774. The molecule has 0 radical (unpaired) electrons. The van der Waals surface area contributed by atoms with Gasteiger partial charge in [0.05, 0.1) is 18.6 Å². The first kappa shape index (κ1) is 11.7. The van der Waals surface area contributed by atoms with Crippen LogP contribution in [-0.4, -0.2) is 30.1 Å². The zero-order valence-corrected chi connectivity index (χ0v) is 9.17. The van der Waals surface area contributed by atoms with Crippen molar-refractivity contribution in [3.63, 3.8) is 0 Å². The van der Waals surface area contributed by atoms with Crippen molar-refractivity contribution in [1.29, 1.82) is 0 Å². The molecule has 0 bridgehead atoms. The van der Waals surface area contributed by atoms with E-state index < -0.39 is 0 Å². The molecule has 1 heterocycles. The maximum absolute atomic E-state index is 11.4. The number of nitrogens with one attached hydrogen (secondary N) is 1. The second kappa shape index (κ2) is 4.95. The minimum atomic E-state index is -0.361. The number of hydroxylamine groups is 2. The standard InChI is InChI=1S/C9H11ClN2O3/c1-12(15-2)8(13)5-6-7(10)3-4-11-9(6)14/h3-4H,5H2,1-2H3,(H,11,14). The fourth-order valence-corrected chi connectivity index (χ4v) is 1.23. The van der Waals surface area contributed by atoms with E-state index >= 15 is 0 Å². The normalized spacial score (nSPS) is 10.1. The SMILES string of the molecule is CON(C)C(=O)Cc1c(Cl)cc[nH]c1=O. The van der Waals surface area contributed by atoms with Crippen LogP contribution in [0, 0.1) is 0 Å². The lowest BCUT2D eigenvalue weighted by Gasteiger charge is -2.13. The number of pyridine rings is 1. The number of carbonyl (C=O) groups excluding carboxylic acids is 1. The Bertz CT molecular complexity index is 416. The van der Waals surface area contributed by atoms with Crippen LogP contribution in [0.2, 0.25) is 5.02 Å². The van der Waals surface area contributed by atoms with Crippen molar-refractivity contribution in [2.75, 3.05) is 14.2 Å². The number of aromatic nitrogens is 1. The van der Waals surface area contributed by atoms with Gasteiger partial charge in [0.25, 0.3) is 11.5 Å². The minimum absolute atomic E-state index is 0.0840. The van der Waals surface area contributed by atoms with Gasteiger partial charge in [-0.15, -0.1) is 0 Å². The molecule has 0 fully saturated rings. The summed E-state index contributed by atoms with van der Waals surface area (Å²) in [5, 5.41) is 1.32. The summed E-state index contributed by atoms with van der Waals surface area (Å²) in [5.41, 5.74) is -0.117. The van der Waals surface area contributed by atoms with E-state index in [4.69, 9.17) is 16.4 Å². The first-order valence-electron chi connectivity index (χ1n) is 4.23. The molecular formula is C9H11ClN2O3. The summed E-state index contributed by atoms with van der Waals surface area (Å²) in [5.74, 6) is -0.337. The molecule has 1 aromatic rings. The van der Waals surface area contributed by atoms with Gasteiger partial charge in [0.15, 0.2) is 0 Å². The van der Waals surface area contributed by atoms with Crippen molar-refractivity contribution in [1.82, 2.24) is 10.0 Å². The van der Waals surface area contributed by atoms with E-state index in [0.29, 0.717) is 0 Å². The monoisotopic (exact) mass is 230 g/mol. The number of hydrogen-bond donors (Lipinski definition) is 1. The van der Waals surface area contributed by atoms with E-state index in [-0.39, 0.29) is 28.5 Å². The Labute approximate surface area is 91.6 Å². The lowest BCUT2D eigenvalue weighted by atomic mass is 10.2. The molecule has 1 aromatic heterocycles. The van der Waals surface area contributed by atoms with E-state index in [1.54, 1.807) is 0 Å². The zero-order valence-electron chi connectivity index (χ0n) is 8.41. The number of aromatic amines is 1. The molecule has 1 amide bonds. The molecule has 0 aromatic carbocycles. The van der Waals surface area contributed by atoms with Gasteiger partial charge < -0.3 is 4.98 Å². The molecule has 5 nitrogen and oxygen atoms in total. The molecular weight excluding hydrogens is 220 g/mol. The third-order valence-electron chi connectivity index (χ3n) is 1.96. The van der Waals surface area contributed by atoms with E-state index in [1.807, 2.05) is 0 Å². The Morgan fingerprint density at radius 1 is 1.67 bits per heavy atom. The van der Waals surface area contributed by atoms with Crippen molar-refractivity contribution >= 4 is 17.5 Å². The smallest absolute Gasteiger partial charge is 0.253 e. The zero-order chi connectivity index (χ0) is 11.4. The topological polar surface area (TPSA) is 62.4 Å². The average Bonchev–Trinajstić information content (AvgIpc) is 2.22. The molecule has 0 saturated heterocycles.